The van der Waals surface area contributed by atoms with E-state index in [1.54, 1.807) is 10.6 Å². The van der Waals surface area contributed by atoms with Gasteiger partial charge in [-0.15, -0.1) is 0 Å². The number of pyridine rings is 1. The molecule has 3 N–H and O–H groups in total. The first-order valence-corrected chi connectivity index (χ1v) is 10.7. The van der Waals surface area contributed by atoms with Crippen LogP contribution in [0.2, 0.25) is 5.02 Å². The number of benzene rings is 1. The molecule has 7 nitrogen and oxygen atoms in total. The van der Waals surface area contributed by atoms with Gasteiger partial charge in [0.05, 0.1) is 23.4 Å². The number of halogens is 1. The topological polar surface area (TPSA) is 109 Å². The third-order valence-corrected chi connectivity index (χ3v) is 6.84. The highest BCUT2D eigenvalue weighted by atomic mass is 35.5. The van der Waals surface area contributed by atoms with Crippen molar-refractivity contribution in [2.75, 3.05) is 13.2 Å². The molecule has 0 saturated heterocycles. The molecule has 0 spiro atoms. The second kappa shape index (κ2) is 7.97. The van der Waals surface area contributed by atoms with Crippen LogP contribution >= 0.6 is 11.6 Å². The number of carboxylic acids is 1. The predicted molar refractivity (Wildman–Crippen MR) is 116 cm³/mol. The molecular weight excluding hydrogens is 422 g/mol. The lowest BCUT2D eigenvalue weighted by Crippen LogP contribution is -2.37. The Morgan fingerprint density at radius 1 is 1.26 bits per heavy atom. The molecule has 4 rings (SSSR count). The van der Waals surface area contributed by atoms with Gasteiger partial charge in [0, 0.05) is 35.9 Å². The molecule has 0 bridgehead atoms. The molecule has 0 amide bonds. The van der Waals surface area contributed by atoms with Crippen LogP contribution < -0.4 is 10.2 Å². The van der Waals surface area contributed by atoms with Gasteiger partial charge in [0.25, 0.3) is 0 Å². The van der Waals surface area contributed by atoms with E-state index in [2.05, 4.69) is 0 Å². The van der Waals surface area contributed by atoms with Crippen LogP contribution in [0.3, 0.4) is 0 Å². The molecule has 1 aromatic heterocycles. The van der Waals surface area contributed by atoms with Crippen molar-refractivity contribution in [1.29, 1.82) is 0 Å². The molecule has 1 atom stereocenters. The Balaban J connectivity index is 1.80. The van der Waals surface area contributed by atoms with Gasteiger partial charge < -0.3 is 24.6 Å². The summed E-state index contributed by atoms with van der Waals surface area (Å²) in [5.41, 5.74) is 0.790. The van der Waals surface area contributed by atoms with Crippen LogP contribution in [0.5, 0.6) is 5.75 Å². The maximum atomic E-state index is 12.4. The van der Waals surface area contributed by atoms with Gasteiger partial charge in [0.15, 0.2) is 5.43 Å². The molecule has 0 unspecified atom stereocenters. The number of aromatic carboxylic acids is 1. The first-order chi connectivity index (χ1) is 14.6. The average molecular weight is 448 g/mol. The maximum Gasteiger partial charge on any atom is 0.341 e. The third kappa shape index (κ3) is 3.86. The zero-order valence-electron chi connectivity index (χ0n) is 17.5. The zero-order chi connectivity index (χ0) is 22.5. The lowest BCUT2D eigenvalue weighted by atomic mass is 9.78. The summed E-state index contributed by atoms with van der Waals surface area (Å²) < 4.78 is 7.83. The van der Waals surface area contributed by atoms with Crippen molar-refractivity contribution >= 4 is 17.6 Å². The molecule has 31 heavy (non-hydrogen) atoms. The Kier molecular flexibility index (Phi) is 5.62. The van der Waals surface area contributed by atoms with Gasteiger partial charge in [-0.3, -0.25) is 4.79 Å². The number of aliphatic hydroxyl groups excluding tert-OH is 2. The fourth-order valence-corrected chi connectivity index (χ4v) is 4.65. The highest BCUT2D eigenvalue weighted by Crippen LogP contribution is 2.45. The number of hydrogen-bond donors (Lipinski definition) is 3. The van der Waals surface area contributed by atoms with Gasteiger partial charge in [0.1, 0.15) is 11.3 Å². The maximum absolute atomic E-state index is 12.4. The predicted octanol–water partition coefficient (Wildman–Crippen LogP) is 3.13. The van der Waals surface area contributed by atoms with Gasteiger partial charge >= 0.3 is 5.97 Å². The lowest BCUT2D eigenvalue weighted by Gasteiger charge is -2.40. The molecule has 2 heterocycles. The number of carbonyl (C=O) groups is 1. The van der Waals surface area contributed by atoms with E-state index in [-0.39, 0.29) is 36.8 Å². The Hall–Kier alpha value is -2.35. The van der Waals surface area contributed by atoms with E-state index in [1.807, 2.05) is 19.9 Å². The summed E-state index contributed by atoms with van der Waals surface area (Å²) in [6.45, 7) is 3.85. The van der Waals surface area contributed by atoms with Crippen LogP contribution in [0.4, 0.5) is 0 Å². The number of rotatable bonds is 6. The van der Waals surface area contributed by atoms with Crippen LogP contribution in [0.25, 0.3) is 11.3 Å². The molecule has 8 heteroatoms. The monoisotopic (exact) mass is 447 g/mol. The largest absolute Gasteiger partial charge is 0.489 e. The smallest absolute Gasteiger partial charge is 0.341 e. The fraction of sp³-hybridized carbons (Fsp3) is 0.478. The summed E-state index contributed by atoms with van der Waals surface area (Å²) in [7, 11) is 0. The van der Waals surface area contributed by atoms with Crippen molar-refractivity contribution in [1.82, 2.24) is 4.57 Å². The molecule has 2 aromatic rings. The number of aliphatic hydroxyl groups is 2. The van der Waals surface area contributed by atoms with E-state index in [9.17, 15) is 24.9 Å². The summed E-state index contributed by atoms with van der Waals surface area (Å²) in [6, 6.07) is 4.69. The number of ether oxygens (including phenoxy) is 1. The molecule has 0 radical (unpaired) electrons. The number of nitrogens with zero attached hydrogens (tertiary/aromatic N) is 1. The summed E-state index contributed by atoms with van der Waals surface area (Å²) in [6.07, 6.45) is 3.46. The van der Waals surface area contributed by atoms with E-state index in [1.165, 1.54) is 12.3 Å². The number of carboxylic acid groups (broad SMARTS) is 1. The Bertz CT molecular complexity index is 1090. The highest BCUT2D eigenvalue weighted by Gasteiger charge is 2.37. The van der Waals surface area contributed by atoms with Crippen LogP contribution in [0.1, 0.15) is 48.7 Å². The molecular formula is C23H26ClNO6. The van der Waals surface area contributed by atoms with Crippen LogP contribution in [0, 0.1) is 11.3 Å². The number of aromatic nitrogens is 1. The minimum absolute atomic E-state index is 0.00833. The average Bonchev–Trinajstić information content (AvgIpc) is 2.69. The van der Waals surface area contributed by atoms with Gasteiger partial charge in [-0.2, -0.15) is 0 Å². The standard InChI is InChI=1S/C23H26ClNO6/c1-23(2,11-27)21-6-13-5-20(31-14-3-12(4-14)10-26)17(24)7-15(13)18-8-19(28)16(22(29)30)9-25(18)21/h5,7-9,12,14,21,26-27H,3-4,6,10-11H2,1-2H3,(H,29,30)/t12?,14?,21-/m0/s1. The van der Waals surface area contributed by atoms with E-state index < -0.39 is 16.8 Å². The van der Waals surface area contributed by atoms with Crippen LogP contribution in [-0.4, -0.2) is 45.2 Å². The molecule has 166 valence electrons. The van der Waals surface area contributed by atoms with Crippen LogP contribution in [0.15, 0.2) is 29.2 Å². The highest BCUT2D eigenvalue weighted by molar-refractivity contribution is 6.32. The van der Waals surface area contributed by atoms with Gasteiger partial charge in [-0.25, -0.2) is 4.79 Å². The lowest BCUT2D eigenvalue weighted by molar-refractivity contribution is 0.0324. The van der Waals surface area contributed by atoms with Crippen molar-refractivity contribution in [3.05, 3.63) is 50.8 Å². The number of hydrogen-bond acceptors (Lipinski definition) is 5. The van der Waals surface area contributed by atoms with Crippen molar-refractivity contribution in [3.8, 4) is 17.0 Å². The van der Waals surface area contributed by atoms with Gasteiger partial charge in [0.2, 0.25) is 0 Å². The summed E-state index contributed by atoms with van der Waals surface area (Å²) in [5.74, 6) is -0.464. The summed E-state index contributed by atoms with van der Waals surface area (Å²) in [5, 5.41) is 29.0. The minimum atomic E-state index is -1.28. The second-order valence-corrected chi connectivity index (χ2v) is 9.62. The second-order valence-electron chi connectivity index (χ2n) is 9.22. The molecule has 2 aliphatic rings. The number of fused-ring (bicyclic) bond motifs is 3. The third-order valence-electron chi connectivity index (χ3n) is 6.55. The van der Waals surface area contributed by atoms with Crippen LogP contribution in [-0.2, 0) is 6.42 Å². The normalized spacial score (nSPS) is 22.3. The van der Waals surface area contributed by atoms with E-state index in [0.717, 1.165) is 24.0 Å². The Labute approximate surface area is 184 Å². The van der Waals surface area contributed by atoms with Crippen molar-refractivity contribution < 1.29 is 24.9 Å². The van der Waals surface area contributed by atoms with E-state index in [4.69, 9.17) is 16.3 Å². The van der Waals surface area contributed by atoms with E-state index in [0.29, 0.717) is 22.9 Å². The minimum Gasteiger partial charge on any atom is -0.489 e. The van der Waals surface area contributed by atoms with Crippen molar-refractivity contribution in [2.45, 2.75) is 45.3 Å². The zero-order valence-corrected chi connectivity index (χ0v) is 18.2. The van der Waals surface area contributed by atoms with Crippen molar-refractivity contribution in [3.63, 3.8) is 0 Å². The Morgan fingerprint density at radius 2 is 1.97 bits per heavy atom. The first kappa shape index (κ1) is 21.9. The van der Waals surface area contributed by atoms with Crippen molar-refractivity contribution in [2.24, 2.45) is 11.3 Å². The van der Waals surface area contributed by atoms with Gasteiger partial charge in [-0.1, -0.05) is 25.4 Å². The first-order valence-electron chi connectivity index (χ1n) is 10.3. The molecule has 1 fully saturated rings. The molecule has 1 aliphatic heterocycles. The fourth-order valence-electron chi connectivity index (χ4n) is 4.44. The van der Waals surface area contributed by atoms with Gasteiger partial charge in [-0.05, 0) is 42.9 Å². The van der Waals surface area contributed by atoms with E-state index >= 15 is 0 Å². The quantitative estimate of drug-likeness (QED) is 0.627. The SMILES string of the molecule is CC(C)(CO)[C@@H]1Cc2cc(OC3CC(CO)C3)c(Cl)cc2-c2cc(=O)c(C(=O)O)cn21. The summed E-state index contributed by atoms with van der Waals surface area (Å²) >= 11 is 6.50. The molecule has 1 saturated carbocycles. The summed E-state index contributed by atoms with van der Waals surface area (Å²) in [4.78, 5) is 24.0. The molecule has 1 aliphatic carbocycles. The Morgan fingerprint density at radius 3 is 2.58 bits per heavy atom. The molecule has 1 aromatic carbocycles.